The zero-order valence-electron chi connectivity index (χ0n) is 14.6. The van der Waals surface area contributed by atoms with Crippen molar-refractivity contribution in [3.05, 3.63) is 74.8 Å². The number of rotatable bonds is 5. The standard InChI is InChI=1S/C18H17N3O6/c1-11-6-12(2)8-14(7-11)18(24)27-10-16(22)19-20-17(23)13-4-3-5-15(9-13)21(25)26/h3-9H,10H2,1-2H3,(H,19,22)(H,20,23). The van der Waals surface area contributed by atoms with Crippen LogP contribution in [-0.2, 0) is 9.53 Å². The minimum Gasteiger partial charge on any atom is -0.452 e. The van der Waals surface area contributed by atoms with Gasteiger partial charge in [0.25, 0.3) is 17.5 Å². The van der Waals surface area contributed by atoms with Crippen molar-refractivity contribution in [1.29, 1.82) is 0 Å². The molecular formula is C18H17N3O6. The van der Waals surface area contributed by atoms with Crippen molar-refractivity contribution in [3.63, 3.8) is 0 Å². The van der Waals surface area contributed by atoms with Gasteiger partial charge in [0.05, 0.1) is 10.5 Å². The van der Waals surface area contributed by atoms with Gasteiger partial charge in [0, 0.05) is 17.7 Å². The number of esters is 1. The number of hydrogen-bond donors (Lipinski definition) is 2. The monoisotopic (exact) mass is 371 g/mol. The molecule has 9 heteroatoms. The van der Waals surface area contributed by atoms with E-state index in [1.54, 1.807) is 12.1 Å². The lowest BCUT2D eigenvalue weighted by Crippen LogP contribution is -2.43. The number of nitrogens with zero attached hydrogens (tertiary/aromatic N) is 1. The minimum atomic E-state index is -0.758. The Morgan fingerprint density at radius 1 is 1.00 bits per heavy atom. The van der Waals surface area contributed by atoms with Crippen LogP contribution < -0.4 is 10.9 Å². The zero-order valence-corrected chi connectivity index (χ0v) is 14.6. The number of benzene rings is 2. The van der Waals surface area contributed by atoms with E-state index in [2.05, 4.69) is 10.9 Å². The number of carbonyl (C=O) groups excluding carboxylic acids is 3. The van der Waals surface area contributed by atoms with Gasteiger partial charge >= 0.3 is 5.97 Å². The van der Waals surface area contributed by atoms with Crippen LogP contribution in [0.25, 0.3) is 0 Å². The number of ether oxygens (including phenoxy) is 1. The van der Waals surface area contributed by atoms with Crippen LogP contribution in [0.2, 0.25) is 0 Å². The van der Waals surface area contributed by atoms with Crippen LogP contribution in [0.5, 0.6) is 0 Å². The molecule has 140 valence electrons. The average Bonchev–Trinajstić information content (AvgIpc) is 2.63. The van der Waals surface area contributed by atoms with Crippen LogP contribution in [0.15, 0.2) is 42.5 Å². The number of nitro groups is 1. The van der Waals surface area contributed by atoms with E-state index >= 15 is 0 Å². The van der Waals surface area contributed by atoms with E-state index in [0.29, 0.717) is 5.56 Å². The molecule has 2 aromatic rings. The molecule has 0 fully saturated rings. The largest absolute Gasteiger partial charge is 0.452 e. The van der Waals surface area contributed by atoms with Crippen molar-refractivity contribution in [2.45, 2.75) is 13.8 Å². The predicted molar refractivity (Wildman–Crippen MR) is 94.9 cm³/mol. The topological polar surface area (TPSA) is 128 Å². The number of nitrogens with one attached hydrogen (secondary N) is 2. The molecule has 0 heterocycles. The fourth-order valence-corrected chi connectivity index (χ4v) is 2.30. The Bertz CT molecular complexity index is 889. The van der Waals surface area contributed by atoms with Gasteiger partial charge in [-0.05, 0) is 32.0 Å². The summed E-state index contributed by atoms with van der Waals surface area (Å²) < 4.78 is 4.90. The Kier molecular flexibility index (Phi) is 6.21. The molecule has 0 saturated carbocycles. The third kappa shape index (κ3) is 5.63. The lowest BCUT2D eigenvalue weighted by Gasteiger charge is -2.09. The summed E-state index contributed by atoms with van der Waals surface area (Å²) >= 11 is 0. The fourth-order valence-electron chi connectivity index (χ4n) is 2.30. The molecule has 0 aliphatic rings. The van der Waals surface area contributed by atoms with Crippen molar-refractivity contribution in [2.24, 2.45) is 0 Å². The molecule has 0 unspecified atom stereocenters. The van der Waals surface area contributed by atoms with Crippen LogP contribution in [0, 0.1) is 24.0 Å². The maximum atomic E-state index is 12.0. The average molecular weight is 371 g/mol. The van der Waals surface area contributed by atoms with Gasteiger partial charge in [0.15, 0.2) is 6.61 Å². The summed E-state index contributed by atoms with van der Waals surface area (Å²) in [5.74, 6) is -2.17. The lowest BCUT2D eigenvalue weighted by molar-refractivity contribution is -0.384. The molecule has 0 atom stereocenters. The van der Waals surface area contributed by atoms with Crippen LogP contribution in [0.3, 0.4) is 0 Å². The van der Waals surface area contributed by atoms with Crippen LogP contribution in [0.4, 0.5) is 5.69 Å². The van der Waals surface area contributed by atoms with Gasteiger partial charge in [-0.15, -0.1) is 0 Å². The molecule has 0 radical (unpaired) electrons. The number of hydrazine groups is 1. The molecule has 0 bridgehead atoms. The highest BCUT2D eigenvalue weighted by Gasteiger charge is 2.14. The molecule has 0 aromatic heterocycles. The molecule has 9 nitrogen and oxygen atoms in total. The number of amides is 2. The number of aryl methyl sites for hydroxylation is 2. The molecule has 27 heavy (non-hydrogen) atoms. The van der Waals surface area contributed by atoms with E-state index in [0.717, 1.165) is 17.2 Å². The highest BCUT2D eigenvalue weighted by molar-refractivity contribution is 5.96. The molecular weight excluding hydrogens is 354 g/mol. The Labute approximate surface area is 154 Å². The molecule has 0 saturated heterocycles. The Morgan fingerprint density at radius 3 is 2.30 bits per heavy atom. The second-order valence-electron chi connectivity index (χ2n) is 5.76. The normalized spacial score (nSPS) is 10.0. The smallest absolute Gasteiger partial charge is 0.338 e. The Hall–Kier alpha value is -3.75. The van der Waals surface area contributed by atoms with Crippen molar-refractivity contribution in [1.82, 2.24) is 10.9 Å². The second-order valence-corrected chi connectivity index (χ2v) is 5.76. The lowest BCUT2D eigenvalue weighted by atomic mass is 10.1. The van der Waals surface area contributed by atoms with Crippen molar-refractivity contribution in [2.75, 3.05) is 6.61 Å². The van der Waals surface area contributed by atoms with E-state index in [1.165, 1.54) is 18.2 Å². The summed E-state index contributed by atoms with van der Waals surface area (Å²) in [6.45, 7) is 3.07. The first-order valence-electron chi connectivity index (χ1n) is 7.85. The molecule has 0 aliphatic heterocycles. The summed E-state index contributed by atoms with van der Waals surface area (Å²) in [6, 6.07) is 10.2. The van der Waals surface area contributed by atoms with E-state index in [4.69, 9.17) is 4.74 Å². The van der Waals surface area contributed by atoms with E-state index in [9.17, 15) is 24.5 Å². The van der Waals surface area contributed by atoms with Gasteiger partial charge in [-0.25, -0.2) is 4.79 Å². The van der Waals surface area contributed by atoms with Crippen molar-refractivity contribution < 1.29 is 24.0 Å². The number of nitro benzene ring substituents is 1. The summed E-state index contributed by atoms with van der Waals surface area (Å²) in [5.41, 5.74) is 6.00. The van der Waals surface area contributed by atoms with Gasteiger partial charge in [0.1, 0.15) is 0 Å². The first kappa shape index (κ1) is 19.6. The van der Waals surface area contributed by atoms with Gasteiger partial charge < -0.3 is 4.74 Å². The second kappa shape index (κ2) is 8.56. The third-order valence-electron chi connectivity index (χ3n) is 3.43. The van der Waals surface area contributed by atoms with Gasteiger partial charge in [-0.2, -0.15) is 0 Å². The number of non-ortho nitro benzene ring substituents is 1. The van der Waals surface area contributed by atoms with Crippen LogP contribution in [-0.4, -0.2) is 29.3 Å². The first-order chi connectivity index (χ1) is 12.8. The third-order valence-corrected chi connectivity index (χ3v) is 3.43. The maximum Gasteiger partial charge on any atom is 0.338 e. The molecule has 2 amide bonds. The number of carbonyl (C=O) groups is 3. The van der Waals surface area contributed by atoms with E-state index in [1.807, 2.05) is 19.9 Å². The first-order valence-corrected chi connectivity index (χ1v) is 7.85. The SMILES string of the molecule is Cc1cc(C)cc(C(=O)OCC(=O)NNC(=O)c2cccc([N+](=O)[O-])c2)c1. The maximum absolute atomic E-state index is 12.0. The molecule has 2 N–H and O–H groups in total. The molecule has 2 rings (SSSR count). The van der Waals surface area contributed by atoms with Crippen LogP contribution in [0.1, 0.15) is 31.8 Å². The van der Waals surface area contributed by atoms with Crippen LogP contribution >= 0.6 is 0 Å². The molecule has 0 aliphatic carbocycles. The summed E-state index contributed by atoms with van der Waals surface area (Å²) in [7, 11) is 0. The van der Waals surface area contributed by atoms with Gasteiger partial charge in [-0.3, -0.25) is 30.6 Å². The molecule has 0 spiro atoms. The predicted octanol–water partition coefficient (Wildman–Crippen LogP) is 1.83. The van der Waals surface area contributed by atoms with E-state index in [-0.39, 0.29) is 11.3 Å². The fraction of sp³-hybridized carbons (Fsp3) is 0.167. The highest BCUT2D eigenvalue weighted by atomic mass is 16.6. The highest BCUT2D eigenvalue weighted by Crippen LogP contribution is 2.12. The summed E-state index contributed by atoms with van der Waals surface area (Å²) in [4.78, 5) is 45.6. The summed E-state index contributed by atoms with van der Waals surface area (Å²) in [6.07, 6.45) is 0. The Balaban J connectivity index is 1.85. The summed E-state index contributed by atoms with van der Waals surface area (Å²) in [5, 5.41) is 10.7. The minimum absolute atomic E-state index is 0.00303. The molecule has 2 aromatic carbocycles. The quantitative estimate of drug-likeness (QED) is 0.469. The zero-order chi connectivity index (χ0) is 20.0. The van der Waals surface area contributed by atoms with Crippen molar-refractivity contribution >= 4 is 23.5 Å². The van der Waals surface area contributed by atoms with E-state index < -0.39 is 29.3 Å². The van der Waals surface area contributed by atoms with Gasteiger partial charge in [-0.1, -0.05) is 23.3 Å². The van der Waals surface area contributed by atoms with Crippen molar-refractivity contribution in [3.8, 4) is 0 Å². The van der Waals surface area contributed by atoms with Gasteiger partial charge in [0.2, 0.25) is 0 Å². The number of hydrogen-bond acceptors (Lipinski definition) is 6. The Morgan fingerprint density at radius 2 is 1.67 bits per heavy atom.